The number of hydrogen-bond acceptors (Lipinski definition) is 25. The van der Waals surface area contributed by atoms with E-state index in [1.54, 1.807) is 63.8 Å². The molecule has 0 saturated heterocycles. The number of nitrogens with zero attached hydrogens (tertiary/aromatic N) is 20. The summed E-state index contributed by atoms with van der Waals surface area (Å²) in [4.78, 5) is 18.4. The molecule has 140 heavy (non-hydrogen) atoms. The molecule has 0 aliphatic heterocycles. The lowest BCUT2D eigenvalue weighted by atomic mass is 10.0. The number of thiophene rings is 1. The monoisotopic (exact) mass is 2030 g/mol. The van der Waals surface area contributed by atoms with Crippen LogP contribution in [-0.2, 0) is 0 Å². The number of thiazole rings is 1. The predicted molar refractivity (Wildman–Crippen MR) is 606 cm³/mol. The van der Waals surface area contributed by atoms with Crippen molar-refractivity contribution < 1.29 is 17.8 Å². The average Bonchev–Trinajstić information content (AvgIpc) is 1.71. The van der Waals surface area contributed by atoms with Crippen molar-refractivity contribution in [1.82, 2.24) is 100 Å². The molecule has 1 aromatic carbocycles. The molecule has 0 aliphatic rings. The summed E-state index contributed by atoms with van der Waals surface area (Å²) in [7, 11) is 0. The quantitative estimate of drug-likeness (QED) is 0.0818. The maximum atomic E-state index is 5.38. The van der Waals surface area contributed by atoms with Gasteiger partial charge in [0.1, 0.15) is 27.1 Å². The summed E-state index contributed by atoms with van der Waals surface area (Å²) in [5.74, 6) is 17.8. The highest BCUT2D eigenvalue weighted by Crippen LogP contribution is 2.26. The van der Waals surface area contributed by atoms with Crippen molar-refractivity contribution in [2.24, 2.45) is 41.4 Å². The van der Waals surface area contributed by atoms with E-state index in [9.17, 15) is 0 Å². The third-order valence-electron chi connectivity index (χ3n) is 14.8. The molecule has 0 N–H and O–H groups in total. The minimum absolute atomic E-state index is 0.301. The van der Waals surface area contributed by atoms with Gasteiger partial charge in [-0.15, -0.1) is 63.5 Å². The summed E-state index contributed by atoms with van der Waals surface area (Å²) in [5, 5.41) is 58.6. The Labute approximate surface area is 873 Å². The zero-order valence-corrected chi connectivity index (χ0v) is 102. The van der Waals surface area contributed by atoms with Crippen LogP contribution in [0.3, 0.4) is 0 Å². The minimum Gasteiger partial charge on any atom is -0.473 e. The molecular formula is C112H208N20O4S4. The van der Waals surface area contributed by atoms with Gasteiger partial charge in [-0.2, -0.15) is 25.5 Å². The van der Waals surface area contributed by atoms with Crippen LogP contribution >= 0.6 is 45.5 Å². The number of tetrazole rings is 1. The fraction of sp³-hybridized carbons (Fsp3) is 0.705. The van der Waals surface area contributed by atoms with Gasteiger partial charge in [-0.1, -0.05) is 397 Å². The van der Waals surface area contributed by atoms with E-state index in [4.69, 9.17) is 13.4 Å². The van der Waals surface area contributed by atoms with Crippen LogP contribution in [-0.4, -0.2) is 100 Å². The number of rotatable bonds is 17. The summed E-state index contributed by atoms with van der Waals surface area (Å²) in [5.41, 5.74) is 3.69. The van der Waals surface area contributed by atoms with Gasteiger partial charge in [0.2, 0.25) is 17.7 Å². The van der Waals surface area contributed by atoms with Gasteiger partial charge < -0.3 is 17.8 Å². The lowest BCUT2D eigenvalue weighted by molar-refractivity contribution is 0.359. The van der Waals surface area contributed by atoms with Crippen LogP contribution in [0.15, 0.2) is 132 Å². The zero-order valence-electron chi connectivity index (χ0n) is 99.0. The summed E-state index contributed by atoms with van der Waals surface area (Å²) in [6.07, 6.45) is 12.2. The number of oxazole rings is 1. The molecule has 24 nitrogen and oxygen atoms in total. The van der Waals surface area contributed by atoms with Crippen LogP contribution < -0.4 is 0 Å². The summed E-state index contributed by atoms with van der Waals surface area (Å²) in [6, 6.07) is 19.3. The lowest BCUT2D eigenvalue weighted by Crippen LogP contribution is -2.08. The summed E-state index contributed by atoms with van der Waals surface area (Å²) < 4.78 is 28.1. The van der Waals surface area contributed by atoms with Crippen molar-refractivity contribution in [3.63, 3.8) is 0 Å². The Morgan fingerprint density at radius 2 is 0.743 bits per heavy atom. The topological polar surface area (TPSA) is 286 Å². The fourth-order valence-electron chi connectivity index (χ4n) is 7.75. The SMILES string of the molecule is CC(C)C.CC(C)C.CC(C)C.CC(C)C.CC(C)C.CC(C)C.CC(C)C.CC(C)c1ccccc1.CC(C)c1cn(C(C)C)nn1.CC(C)c1cnnn1C(C)C.CC(C)c1ncco1.CC(C)c1nccs1.CC(C)c1nnc(C(C)C)o1.CC(C)c1nnc(C(C)C)s1.CC(C)c1nnn(C(C)C)n1.CC(C)c1noc(C(C)C)n1.CC(C)c1nsc(C(C)C)n1.c1ccoc1.c1ccsc1. The normalized spacial score (nSPS) is 10.5. The highest BCUT2D eigenvalue weighted by atomic mass is 32.1. The molecule has 0 radical (unpaired) electrons. The van der Waals surface area contributed by atoms with Gasteiger partial charge >= 0.3 is 0 Å². The first-order valence-corrected chi connectivity index (χ1v) is 55.0. The van der Waals surface area contributed by atoms with Crippen molar-refractivity contribution in [2.75, 3.05) is 0 Å². The van der Waals surface area contributed by atoms with Crippen LogP contribution in [0.5, 0.6) is 0 Å². The van der Waals surface area contributed by atoms with Gasteiger partial charge in [0.05, 0.1) is 47.4 Å². The van der Waals surface area contributed by atoms with Gasteiger partial charge in [0.25, 0.3) is 0 Å². The van der Waals surface area contributed by atoms with Gasteiger partial charge in [-0.3, -0.25) is 0 Å². The molecule has 0 atom stereocenters. The second-order valence-corrected chi connectivity index (χ2v) is 47.0. The summed E-state index contributed by atoms with van der Waals surface area (Å²) in [6.45, 7) is 117. The number of hydrogen-bond donors (Lipinski definition) is 0. The molecule has 0 saturated carbocycles. The molecule has 28 heteroatoms. The van der Waals surface area contributed by atoms with E-state index in [0.717, 1.165) is 103 Å². The van der Waals surface area contributed by atoms with Crippen molar-refractivity contribution in [3.8, 4) is 0 Å². The Bertz CT molecular complexity index is 3750. The Balaban J connectivity index is -0.000000270. The maximum Gasteiger partial charge on any atom is 0.229 e. The number of benzene rings is 1. The van der Waals surface area contributed by atoms with E-state index >= 15 is 0 Å². The van der Waals surface area contributed by atoms with Gasteiger partial charge in [-0.05, 0) is 146 Å². The molecule has 0 bridgehead atoms. The van der Waals surface area contributed by atoms with E-state index in [0.29, 0.717) is 101 Å². The molecule has 0 aliphatic carbocycles. The highest BCUT2D eigenvalue weighted by molar-refractivity contribution is 7.11. The summed E-state index contributed by atoms with van der Waals surface area (Å²) >= 11 is 6.68. The molecule has 0 spiro atoms. The number of aromatic nitrogens is 20. The first-order chi connectivity index (χ1) is 64.8. The van der Waals surface area contributed by atoms with Crippen LogP contribution in [0, 0.1) is 41.4 Å². The molecule has 11 heterocycles. The van der Waals surface area contributed by atoms with Crippen LogP contribution in [0.1, 0.15) is 560 Å². The predicted octanol–water partition coefficient (Wildman–Crippen LogP) is 37.1. The minimum atomic E-state index is 0.301. The maximum absolute atomic E-state index is 5.38. The highest BCUT2D eigenvalue weighted by Gasteiger charge is 2.16. The number of furan rings is 1. The van der Waals surface area contributed by atoms with Crippen molar-refractivity contribution >= 4 is 45.5 Å². The van der Waals surface area contributed by atoms with E-state index in [1.165, 1.54) is 27.8 Å². The van der Waals surface area contributed by atoms with Crippen LogP contribution in [0.2, 0.25) is 0 Å². The largest absolute Gasteiger partial charge is 0.473 e. The van der Waals surface area contributed by atoms with Crippen LogP contribution in [0.4, 0.5) is 0 Å². The Kier molecular flexibility index (Phi) is 90.4. The fourth-order valence-corrected chi connectivity index (χ4v) is 10.5. The molecule has 0 unspecified atom stereocenters. The van der Waals surface area contributed by atoms with E-state index < -0.39 is 0 Å². The first kappa shape index (κ1) is 145. The lowest BCUT2D eigenvalue weighted by Gasteiger charge is -2.10. The average molecular weight is 2030 g/mol. The zero-order chi connectivity index (χ0) is 110. The van der Waals surface area contributed by atoms with Gasteiger partial charge in [0, 0.05) is 95.0 Å². The molecule has 0 fully saturated rings. The van der Waals surface area contributed by atoms with E-state index in [1.807, 2.05) is 144 Å². The molecule has 804 valence electrons. The third-order valence-corrected chi connectivity index (χ3v) is 19.0. The smallest absolute Gasteiger partial charge is 0.229 e. The van der Waals surface area contributed by atoms with Crippen molar-refractivity contribution in [3.05, 3.63) is 192 Å². The molecular weight excluding hydrogens is 1820 g/mol. The Morgan fingerprint density at radius 1 is 0.314 bits per heavy atom. The van der Waals surface area contributed by atoms with E-state index in [2.05, 4.69) is 426 Å². The van der Waals surface area contributed by atoms with Crippen molar-refractivity contribution in [2.45, 2.75) is 482 Å². The van der Waals surface area contributed by atoms with Crippen molar-refractivity contribution in [1.29, 1.82) is 0 Å². The standard InChI is InChI=1S/C9H12.2C8H15N3.2C8H14N2O.2C8H14N2S.C7H14N4.C6H9NO.C6H9NS.C4H4O.C4H4S.7C4H10/c1-8(2)9-6-4-3-5-7-9;1-6(2)8-5-11(7(3)4)10-9-8;1-6(2)8-5-9-10-11(8)7(3)4;1-5(2)7-9-10-8(11-7)6(3)4;1-5(2)7-9-8(6(3)4)11-10-7;1-5(2)7-9-10-8(11-7)6(3)4;1-5(2)7-9-8(6(3)4)11-10-7;1-5(2)7-8-10-11(9-7)6(3)4;2*1-5(2)6-7-3-4-8-6;2*1-2-4-5-3-1;7*1-4(2)3/h3-8H,1-2H3;2*5-7H,1-4H3;5*5-6H,1-4H3;2*3-5H,1-2H3;2*1-4H;7*4H,1-3H3. The second-order valence-electron chi connectivity index (χ2n) is 43.4. The van der Waals surface area contributed by atoms with Crippen LogP contribution in [0.25, 0.3) is 0 Å². The van der Waals surface area contributed by atoms with Gasteiger partial charge in [-0.25, -0.2) is 24.3 Å². The first-order valence-electron chi connectivity index (χ1n) is 51.5. The Morgan fingerprint density at radius 3 is 0.950 bits per heavy atom. The van der Waals surface area contributed by atoms with Gasteiger partial charge in [0.15, 0.2) is 17.5 Å². The Hall–Kier alpha value is -8.21. The molecule has 11 aromatic heterocycles. The second kappa shape index (κ2) is 87.4. The van der Waals surface area contributed by atoms with E-state index in [-0.39, 0.29) is 0 Å². The molecule has 0 amide bonds. The molecule has 12 aromatic rings. The third kappa shape index (κ3) is 88.7. The molecule has 12 rings (SSSR count).